The second kappa shape index (κ2) is 5.11. The molecular formula is C15H20O4. The lowest BCUT2D eigenvalue weighted by Gasteiger charge is -2.37. The number of phenols is 2. The molecule has 0 heterocycles. The predicted octanol–water partition coefficient (Wildman–Crippen LogP) is 2.72. The van der Waals surface area contributed by atoms with Crippen LogP contribution < -0.4 is 0 Å². The first-order chi connectivity index (χ1) is 8.96. The molecule has 1 aliphatic rings. The topological polar surface area (TPSA) is 66.8 Å². The summed E-state index contributed by atoms with van der Waals surface area (Å²) in [5.41, 5.74) is 0.691. The number of methoxy groups -OCH3 is 1. The minimum absolute atomic E-state index is 0.0302. The van der Waals surface area contributed by atoms with Gasteiger partial charge in [0, 0.05) is 11.6 Å². The van der Waals surface area contributed by atoms with Gasteiger partial charge < -0.3 is 14.9 Å². The summed E-state index contributed by atoms with van der Waals surface area (Å²) in [7, 11) is 1.42. The molecule has 1 fully saturated rings. The zero-order valence-electron chi connectivity index (χ0n) is 11.3. The van der Waals surface area contributed by atoms with Crippen LogP contribution in [0.2, 0.25) is 0 Å². The second-order valence-corrected chi connectivity index (χ2v) is 5.56. The van der Waals surface area contributed by atoms with Gasteiger partial charge in [-0.2, -0.15) is 0 Å². The molecule has 0 spiro atoms. The number of carbonyl (C=O) groups excluding carboxylic acids is 1. The maximum absolute atomic E-state index is 11.5. The van der Waals surface area contributed by atoms with E-state index < -0.39 is 0 Å². The van der Waals surface area contributed by atoms with Crippen LogP contribution in [0.3, 0.4) is 0 Å². The first kappa shape index (κ1) is 13.7. The molecule has 1 aliphatic carbocycles. The summed E-state index contributed by atoms with van der Waals surface area (Å²) in [6.45, 7) is 2.09. The van der Waals surface area contributed by atoms with Gasteiger partial charge >= 0.3 is 5.97 Å². The molecule has 19 heavy (non-hydrogen) atoms. The van der Waals surface area contributed by atoms with Crippen molar-refractivity contribution in [1.82, 2.24) is 0 Å². The van der Waals surface area contributed by atoms with Crippen LogP contribution in [0, 0.1) is 5.92 Å². The lowest BCUT2D eigenvalue weighted by molar-refractivity contribution is -0.146. The highest BCUT2D eigenvalue weighted by Gasteiger charge is 2.37. The predicted molar refractivity (Wildman–Crippen MR) is 71.1 cm³/mol. The first-order valence-corrected chi connectivity index (χ1v) is 6.56. The Kier molecular flexibility index (Phi) is 3.69. The molecule has 2 rings (SSSR count). The van der Waals surface area contributed by atoms with Crippen molar-refractivity contribution in [3.05, 3.63) is 23.8 Å². The third-order valence-corrected chi connectivity index (χ3v) is 4.26. The minimum atomic E-state index is -0.150. The largest absolute Gasteiger partial charge is 0.508 e. The Bertz CT molecular complexity index is 473. The number of benzene rings is 1. The lowest BCUT2D eigenvalue weighted by Crippen LogP contribution is -2.32. The number of hydrogen-bond acceptors (Lipinski definition) is 4. The van der Waals surface area contributed by atoms with Crippen molar-refractivity contribution in [2.75, 3.05) is 7.11 Å². The van der Waals surface area contributed by atoms with Crippen molar-refractivity contribution < 1.29 is 19.7 Å². The molecule has 104 valence electrons. The van der Waals surface area contributed by atoms with Crippen molar-refractivity contribution in [3.63, 3.8) is 0 Å². The van der Waals surface area contributed by atoms with Crippen LogP contribution >= 0.6 is 0 Å². The van der Waals surface area contributed by atoms with E-state index in [2.05, 4.69) is 6.92 Å². The van der Waals surface area contributed by atoms with Crippen LogP contribution in [0.15, 0.2) is 18.2 Å². The second-order valence-electron chi connectivity index (χ2n) is 5.56. The molecule has 0 saturated heterocycles. The summed E-state index contributed by atoms with van der Waals surface area (Å²) >= 11 is 0. The number of hydrogen-bond donors (Lipinski definition) is 2. The zero-order chi connectivity index (χ0) is 14.0. The van der Waals surface area contributed by atoms with E-state index in [1.54, 1.807) is 12.1 Å². The molecule has 0 radical (unpaired) electrons. The van der Waals surface area contributed by atoms with Gasteiger partial charge in [0.05, 0.1) is 13.0 Å². The number of esters is 1. The molecule has 0 aliphatic heterocycles. The molecule has 0 bridgehead atoms. The number of rotatable bonds is 2. The summed E-state index contributed by atoms with van der Waals surface area (Å²) < 4.78 is 4.78. The van der Waals surface area contributed by atoms with Gasteiger partial charge in [-0.05, 0) is 37.2 Å². The van der Waals surface area contributed by atoms with Crippen LogP contribution in [-0.2, 0) is 14.9 Å². The SMILES string of the molecule is COC(=O)[C@H]1CC[C@@](C)(c2ccc(O)cc2O)CC1. The molecule has 0 unspecified atom stereocenters. The van der Waals surface area contributed by atoms with Gasteiger partial charge in [0.25, 0.3) is 0 Å². The summed E-state index contributed by atoms with van der Waals surface area (Å²) in [5, 5.41) is 19.3. The van der Waals surface area contributed by atoms with E-state index in [1.165, 1.54) is 13.2 Å². The van der Waals surface area contributed by atoms with E-state index in [0.717, 1.165) is 31.2 Å². The quantitative estimate of drug-likeness (QED) is 0.806. The van der Waals surface area contributed by atoms with E-state index in [9.17, 15) is 15.0 Å². The normalized spacial score (nSPS) is 26.9. The Hall–Kier alpha value is -1.71. The van der Waals surface area contributed by atoms with Crippen LogP contribution in [-0.4, -0.2) is 23.3 Å². The van der Waals surface area contributed by atoms with E-state index in [4.69, 9.17) is 4.74 Å². The van der Waals surface area contributed by atoms with Gasteiger partial charge in [0.15, 0.2) is 0 Å². The standard InChI is InChI=1S/C15H20O4/c1-15(12-4-3-11(16)9-13(12)17)7-5-10(6-8-15)14(18)19-2/h3-4,9-10,16-17H,5-8H2,1-2H3/t10-,15+. The zero-order valence-corrected chi connectivity index (χ0v) is 11.3. The summed E-state index contributed by atoms with van der Waals surface area (Å²) in [6.07, 6.45) is 3.18. The van der Waals surface area contributed by atoms with Crippen molar-refractivity contribution >= 4 is 5.97 Å². The Balaban J connectivity index is 2.15. The monoisotopic (exact) mass is 264 g/mol. The average molecular weight is 264 g/mol. The van der Waals surface area contributed by atoms with Crippen LogP contribution in [0.5, 0.6) is 11.5 Å². The van der Waals surface area contributed by atoms with E-state index in [-0.39, 0.29) is 28.8 Å². The summed E-state index contributed by atoms with van der Waals surface area (Å²) in [4.78, 5) is 11.5. The number of aromatic hydroxyl groups is 2. The smallest absolute Gasteiger partial charge is 0.308 e. The third kappa shape index (κ3) is 2.67. The van der Waals surface area contributed by atoms with Gasteiger partial charge in [0.2, 0.25) is 0 Å². The molecule has 4 heteroatoms. The van der Waals surface area contributed by atoms with Gasteiger partial charge in [-0.15, -0.1) is 0 Å². The molecule has 1 saturated carbocycles. The van der Waals surface area contributed by atoms with Crippen molar-refractivity contribution in [1.29, 1.82) is 0 Å². The molecular weight excluding hydrogens is 244 g/mol. The average Bonchev–Trinajstić information content (AvgIpc) is 2.38. The number of carbonyl (C=O) groups is 1. The number of phenolic OH excluding ortho intramolecular Hbond substituents is 2. The van der Waals surface area contributed by atoms with Crippen LogP contribution in [0.4, 0.5) is 0 Å². The fourth-order valence-corrected chi connectivity index (χ4v) is 2.96. The van der Waals surface area contributed by atoms with Crippen molar-refractivity contribution in [3.8, 4) is 11.5 Å². The van der Waals surface area contributed by atoms with E-state index in [1.807, 2.05) is 0 Å². The highest BCUT2D eigenvalue weighted by atomic mass is 16.5. The molecule has 1 aromatic carbocycles. The minimum Gasteiger partial charge on any atom is -0.508 e. The van der Waals surface area contributed by atoms with E-state index in [0.29, 0.717) is 0 Å². The van der Waals surface area contributed by atoms with Gasteiger partial charge in [0.1, 0.15) is 11.5 Å². The van der Waals surface area contributed by atoms with E-state index >= 15 is 0 Å². The van der Waals surface area contributed by atoms with Crippen molar-refractivity contribution in [2.24, 2.45) is 5.92 Å². The summed E-state index contributed by atoms with van der Waals surface area (Å²) in [6, 6.07) is 4.73. The van der Waals surface area contributed by atoms with Crippen LogP contribution in [0.1, 0.15) is 38.2 Å². The Labute approximate surface area is 113 Å². The fourth-order valence-electron chi connectivity index (χ4n) is 2.96. The molecule has 1 aromatic rings. The maximum atomic E-state index is 11.5. The molecule has 0 atom stereocenters. The Morgan fingerprint density at radius 3 is 2.47 bits per heavy atom. The first-order valence-electron chi connectivity index (χ1n) is 6.56. The van der Waals surface area contributed by atoms with Gasteiger partial charge in [-0.3, -0.25) is 4.79 Å². The third-order valence-electron chi connectivity index (χ3n) is 4.26. The Morgan fingerprint density at radius 1 is 1.32 bits per heavy atom. The van der Waals surface area contributed by atoms with Crippen molar-refractivity contribution in [2.45, 2.75) is 38.0 Å². The Morgan fingerprint density at radius 2 is 1.95 bits per heavy atom. The maximum Gasteiger partial charge on any atom is 0.308 e. The molecule has 2 N–H and O–H groups in total. The molecule has 0 aromatic heterocycles. The van der Waals surface area contributed by atoms with Crippen LogP contribution in [0.25, 0.3) is 0 Å². The lowest BCUT2D eigenvalue weighted by atomic mass is 9.67. The van der Waals surface area contributed by atoms with Gasteiger partial charge in [-0.25, -0.2) is 0 Å². The highest BCUT2D eigenvalue weighted by molar-refractivity contribution is 5.72. The van der Waals surface area contributed by atoms with Gasteiger partial charge in [-0.1, -0.05) is 13.0 Å². The fraction of sp³-hybridized carbons (Fsp3) is 0.533. The number of ether oxygens (including phenoxy) is 1. The molecule has 4 nitrogen and oxygen atoms in total. The molecule has 0 amide bonds. The highest BCUT2D eigenvalue weighted by Crippen LogP contribution is 2.45. The summed E-state index contributed by atoms with van der Waals surface area (Å²) in [5.74, 6) is 0.0152.